The first kappa shape index (κ1) is 14.6. The first-order valence-corrected chi connectivity index (χ1v) is 8.49. The molecule has 1 aromatic heterocycles. The van der Waals surface area contributed by atoms with E-state index in [2.05, 4.69) is 74.7 Å². The molecule has 0 radical (unpaired) electrons. The Kier molecular flexibility index (Phi) is 3.81. The standard InChI is InChI=1S/C19H19ClS/c1-19(2,3)16-10-6-4-9-14(16)18(20)15-12-21-17-11-7-5-8-13(15)17/h4-12,18H,1-3H3. The third kappa shape index (κ3) is 2.73. The number of hydrogen-bond acceptors (Lipinski definition) is 1. The van der Waals surface area contributed by atoms with Crippen molar-refractivity contribution < 1.29 is 0 Å². The highest BCUT2D eigenvalue weighted by Crippen LogP contribution is 2.40. The number of halogens is 1. The second kappa shape index (κ2) is 5.47. The van der Waals surface area contributed by atoms with E-state index in [9.17, 15) is 0 Å². The molecule has 0 nitrogen and oxygen atoms in total. The summed E-state index contributed by atoms with van der Waals surface area (Å²) in [5.41, 5.74) is 3.85. The molecule has 0 amide bonds. The van der Waals surface area contributed by atoms with Crippen molar-refractivity contribution in [1.29, 1.82) is 0 Å². The molecule has 108 valence electrons. The van der Waals surface area contributed by atoms with E-state index in [0.29, 0.717) is 0 Å². The Morgan fingerprint density at radius 2 is 1.57 bits per heavy atom. The summed E-state index contributed by atoms with van der Waals surface area (Å²) < 4.78 is 1.30. The van der Waals surface area contributed by atoms with Crippen molar-refractivity contribution in [2.75, 3.05) is 0 Å². The molecule has 0 aliphatic rings. The maximum absolute atomic E-state index is 6.87. The number of fused-ring (bicyclic) bond motifs is 1. The fourth-order valence-corrected chi connectivity index (χ4v) is 4.20. The molecule has 3 aromatic rings. The zero-order chi connectivity index (χ0) is 15.0. The van der Waals surface area contributed by atoms with Gasteiger partial charge in [0.15, 0.2) is 0 Å². The van der Waals surface area contributed by atoms with E-state index in [4.69, 9.17) is 11.6 Å². The first-order valence-electron chi connectivity index (χ1n) is 7.18. The number of alkyl halides is 1. The molecule has 1 heterocycles. The van der Waals surface area contributed by atoms with Crippen LogP contribution in [0.2, 0.25) is 0 Å². The Hall–Kier alpha value is -1.31. The van der Waals surface area contributed by atoms with Crippen molar-refractivity contribution >= 4 is 33.0 Å². The molecule has 1 atom stereocenters. The van der Waals surface area contributed by atoms with Gasteiger partial charge in [0.2, 0.25) is 0 Å². The third-order valence-electron chi connectivity index (χ3n) is 3.83. The highest BCUT2D eigenvalue weighted by Gasteiger charge is 2.23. The Balaban J connectivity index is 2.13. The Morgan fingerprint density at radius 3 is 2.33 bits per heavy atom. The van der Waals surface area contributed by atoms with Crippen LogP contribution in [-0.4, -0.2) is 0 Å². The molecule has 0 bridgehead atoms. The Labute approximate surface area is 135 Å². The van der Waals surface area contributed by atoms with Gasteiger partial charge < -0.3 is 0 Å². The second-order valence-corrected chi connectivity index (χ2v) is 7.73. The molecule has 0 aliphatic carbocycles. The van der Waals surface area contributed by atoms with Crippen molar-refractivity contribution in [3.8, 4) is 0 Å². The average molecular weight is 315 g/mol. The topological polar surface area (TPSA) is 0 Å². The van der Waals surface area contributed by atoms with Crippen molar-refractivity contribution in [1.82, 2.24) is 0 Å². The van der Waals surface area contributed by atoms with Crippen LogP contribution in [0, 0.1) is 0 Å². The molecule has 0 saturated carbocycles. The summed E-state index contributed by atoms with van der Waals surface area (Å²) in [6, 6.07) is 17.0. The van der Waals surface area contributed by atoms with E-state index in [1.54, 1.807) is 11.3 Å². The zero-order valence-electron chi connectivity index (χ0n) is 12.6. The first-order chi connectivity index (χ1) is 9.98. The molecular weight excluding hydrogens is 296 g/mol. The molecule has 3 rings (SSSR count). The summed E-state index contributed by atoms with van der Waals surface area (Å²) in [4.78, 5) is 0. The molecule has 0 N–H and O–H groups in total. The van der Waals surface area contributed by atoms with Crippen LogP contribution in [0.1, 0.15) is 42.8 Å². The summed E-state index contributed by atoms with van der Waals surface area (Å²) in [7, 11) is 0. The van der Waals surface area contributed by atoms with Gasteiger partial charge in [-0.15, -0.1) is 22.9 Å². The van der Waals surface area contributed by atoms with E-state index >= 15 is 0 Å². The van der Waals surface area contributed by atoms with Gasteiger partial charge in [0.25, 0.3) is 0 Å². The SMILES string of the molecule is CC(C)(C)c1ccccc1C(Cl)c1csc2ccccc12. The largest absolute Gasteiger partial charge is 0.143 e. The van der Waals surface area contributed by atoms with Crippen LogP contribution >= 0.6 is 22.9 Å². The van der Waals surface area contributed by atoms with Crippen LogP contribution in [0.4, 0.5) is 0 Å². The predicted octanol–water partition coefficient (Wildman–Crippen LogP) is 6.53. The van der Waals surface area contributed by atoms with Crippen molar-refractivity contribution in [2.45, 2.75) is 31.6 Å². The summed E-state index contributed by atoms with van der Waals surface area (Å²) >= 11 is 8.64. The van der Waals surface area contributed by atoms with E-state index in [1.807, 2.05) is 0 Å². The normalized spacial score (nSPS) is 13.5. The van der Waals surface area contributed by atoms with Crippen molar-refractivity contribution in [3.63, 3.8) is 0 Å². The third-order valence-corrected chi connectivity index (χ3v) is 5.28. The minimum Gasteiger partial charge on any atom is -0.143 e. The molecule has 0 spiro atoms. The minimum atomic E-state index is -0.100. The van der Waals surface area contributed by atoms with Crippen LogP contribution in [0.3, 0.4) is 0 Å². The average Bonchev–Trinajstić information content (AvgIpc) is 2.89. The van der Waals surface area contributed by atoms with Gasteiger partial charge in [-0.25, -0.2) is 0 Å². The van der Waals surface area contributed by atoms with E-state index < -0.39 is 0 Å². The van der Waals surface area contributed by atoms with Gasteiger partial charge in [-0.3, -0.25) is 0 Å². The van der Waals surface area contributed by atoms with Gasteiger partial charge in [-0.2, -0.15) is 0 Å². The maximum atomic E-state index is 6.87. The fraction of sp³-hybridized carbons (Fsp3) is 0.263. The van der Waals surface area contributed by atoms with Crippen LogP contribution in [0.5, 0.6) is 0 Å². The zero-order valence-corrected chi connectivity index (χ0v) is 14.1. The Bertz CT molecular complexity index is 764. The molecule has 0 fully saturated rings. The van der Waals surface area contributed by atoms with Gasteiger partial charge in [0.1, 0.15) is 0 Å². The lowest BCUT2D eigenvalue weighted by atomic mass is 9.82. The molecule has 2 heteroatoms. The summed E-state index contributed by atoms with van der Waals surface area (Å²) in [5, 5.41) is 3.37. The van der Waals surface area contributed by atoms with Gasteiger partial charge in [0.05, 0.1) is 5.38 Å². The number of benzene rings is 2. The molecule has 0 aliphatic heterocycles. The molecule has 1 unspecified atom stereocenters. The number of hydrogen-bond donors (Lipinski definition) is 0. The highest BCUT2D eigenvalue weighted by molar-refractivity contribution is 7.17. The van der Waals surface area contributed by atoms with Crippen molar-refractivity contribution in [3.05, 3.63) is 70.6 Å². The lowest BCUT2D eigenvalue weighted by Crippen LogP contribution is -2.15. The maximum Gasteiger partial charge on any atom is 0.0852 e. The quantitative estimate of drug-likeness (QED) is 0.472. The highest BCUT2D eigenvalue weighted by atomic mass is 35.5. The van der Waals surface area contributed by atoms with Gasteiger partial charge in [-0.1, -0.05) is 63.2 Å². The summed E-state index contributed by atoms with van der Waals surface area (Å²) in [6.07, 6.45) is 0. The van der Waals surface area contributed by atoms with Crippen molar-refractivity contribution in [2.24, 2.45) is 0 Å². The van der Waals surface area contributed by atoms with Gasteiger partial charge in [-0.05, 0) is 38.9 Å². The monoisotopic (exact) mass is 314 g/mol. The lowest BCUT2D eigenvalue weighted by Gasteiger charge is -2.25. The second-order valence-electron chi connectivity index (χ2n) is 6.39. The fourth-order valence-electron chi connectivity index (χ4n) is 2.76. The van der Waals surface area contributed by atoms with Gasteiger partial charge in [0, 0.05) is 4.70 Å². The molecule has 0 saturated heterocycles. The van der Waals surface area contributed by atoms with Crippen LogP contribution in [0.25, 0.3) is 10.1 Å². The van der Waals surface area contributed by atoms with Gasteiger partial charge >= 0.3 is 0 Å². The van der Waals surface area contributed by atoms with E-state index in [1.165, 1.54) is 26.8 Å². The van der Waals surface area contributed by atoms with Crippen LogP contribution < -0.4 is 0 Å². The molecular formula is C19H19ClS. The number of rotatable bonds is 2. The Morgan fingerprint density at radius 1 is 0.905 bits per heavy atom. The minimum absolute atomic E-state index is 0.0928. The summed E-state index contributed by atoms with van der Waals surface area (Å²) in [6.45, 7) is 6.71. The number of thiophene rings is 1. The van der Waals surface area contributed by atoms with Crippen LogP contribution in [-0.2, 0) is 5.41 Å². The predicted molar refractivity (Wildman–Crippen MR) is 94.7 cm³/mol. The van der Waals surface area contributed by atoms with E-state index in [-0.39, 0.29) is 10.8 Å². The lowest BCUT2D eigenvalue weighted by molar-refractivity contribution is 0.583. The van der Waals surface area contributed by atoms with Crippen LogP contribution in [0.15, 0.2) is 53.9 Å². The molecule has 2 aromatic carbocycles. The van der Waals surface area contributed by atoms with E-state index in [0.717, 1.165) is 0 Å². The summed E-state index contributed by atoms with van der Waals surface area (Å²) in [5.74, 6) is 0. The smallest absolute Gasteiger partial charge is 0.0852 e. The molecule has 21 heavy (non-hydrogen) atoms.